The second kappa shape index (κ2) is 19.4. The number of ether oxygens (including phenoxy) is 6. The first kappa shape index (κ1) is 44.7. The summed E-state index contributed by atoms with van der Waals surface area (Å²) in [6.07, 6.45) is 7.77. The van der Waals surface area contributed by atoms with Crippen molar-refractivity contribution in [2.24, 2.45) is 11.8 Å². The van der Waals surface area contributed by atoms with Crippen LogP contribution in [0.25, 0.3) is 54.8 Å². The third kappa shape index (κ3) is 9.46. The first-order valence-electron chi connectivity index (χ1n) is 23.7. The molecule has 2 fully saturated rings. The SMILES string of the molecule is COc1cc(OC[C@H]2CCCN(c3ccc(F)cc3)C2)c2cc(-c3cn4nc(OCCOc5cc(OCC6CCN(c7ccccc7)CC6)c6cc(-c7cn8nc(OC)sc8n7)oc6c5)sc4n3)oc2c1. The van der Waals surface area contributed by atoms with E-state index < -0.39 is 0 Å². The Hall–Kier alpha value is -7.51. The van der Waals surface area contributed by atoms with Crippen molar-refractivity contribution >= 4 is 65.9 Å². The van der Waals surface area contributed by atoms with E-state index in [9.17, 15) is 4.39 Å². The van der Waals surface area contributed by atoms with Crippen LogP contribution in [0.2, 0.25) is 0 Å². The van der Waals surface area contributed by atoms with Gasteiger partial charge in [-0.15, -0.1) is 10.2 Å². The molecule has 1 atom stereocenters. The van der Waals surface area contributed by atoms with E-state index in [0.29, 0.717) is 102 Å². The van der Waals surface area contributed by atoms with Crippen molar-refractivity contribution in [1.29, 1.82) is 0 Å². The molecule has 0 radical (unpaired) electrons. The van der Waals surface area contributed by atoms with Gasteiger partial charge in [0.25, 0.3) is 10.4 Å². The van der Waals surface area contributed by atoms with Crippen LogP contribution in [-0.4, -0.2) is 96.0 Å². The van der Waals surface area contributed by atoms with Crippen LogP contribution in [0.5, 0.6) is 33.4 Å². The minimum atomic E-state index is -0.234. The molecule has 19 heteroatoms. The van der Waals surface area contributed by atoms with E-state index in [-0.39, 0.29) is 19.0 Å². The lowest BCUT2D eigenvalue weighted by molar-refractivity contribution is 0.211. The number of benzene rings is 4. The summed E-state index contributed by atoms with van der Waals surface area (Å²) in [4.78, 5) is 15.6. The number of imidazole rings is 2. The van der Waals surface area contributed by atoms with Gasteiger partial charge in [-0.05, 0) is 103 Å². The Morgan fingerprint density at radius 1 is 0.606 bits per heavy atom. The smallest absolute Gasteiger partial charge is 0.294 e. The maximum Gasteiger partial charge on any atom is 0.294 e. The van der Waals surface area contributed by atoms with Crippen molar-refractivity contribution in [3.05, 3.63) is 109 Å². The van der Waals surface area contributed by atoms with Gasteiger partial charge in [0.1, 0.15) is 64.6 Å². The minimum Gasteiger partial charge on any atom is -0.496 e. The average Bonchev–Trinajstić information content (AvgIpc) is 4.27. The molecular weight excluding hydrogens is 948 g/mol. The van der Waals surface area contributed by atoms with Gasteiger partial charge in [-0.2, -0.15) is 0 Å². The fourth-order valence-electron chi connectivity index (χ4n) is 9.39. The van der Waals surface area contributed by atoms with Gasteiger partial charge >= 0.3 is 0 Å². The molecule has 4 aromatic carbocycles. The summed E-state index contributed by atoms with van der Waals surface area (Å²) in [5, 5.41) is 11.7. The summed E-state index contributed by atoms with van der Waals surface area (Å²) >= 11 is 2.68. The predicted octanol–water partition coefficient (Wildman–Crippen LogP) is 10.9. The Labute approximate surface area is 414 Å². The molecule has 10 aromatic rings. The number of hydrogen-bond donors (Lipinski definition) is 0. The van der Waals surface area contributed by atoms with Crippen molar-refractivity contribution in [2.45, 2.75) is 25.7 Å². The van der Waals surface area contributed by atoms with Gasteiger partial charge in [0.15, 0.2) is 11.5 Å². The highest BCUT2D eigenvalue weighted by molar-refractivity contribution is 7.18. The third-order valence-electron chi connectivity index (χ3n) is 13.1. The summed E-state index contributed by atoms with van der Waals surface area (Å²) < 4.78 is 66.0. The van der Waals surface area contributed by atoms with Gasteiger partial charge < -0.3 is 47.1 Å². The summed E-state index contributed by atoms with van der Waals surface area (Å²) in [6, 6.07) is 28.7. The highest BCUT2D eigenvalue weighted by Crippen LogP contribution is 2.40. The van der Waals surface area contributed by atoms with Crippen LogP contribution in [0.3, 0.4) is 0 Å². The highest BCUT2D eigenvalue weighted by atomic mass is 32.1. The van der Waals surface area contributed by atoms with Crippen LogP contribution in [0, 0.1) is 17.7 Å². The van der Waals surface area contributed by atoms with E-state index in [2.05, 4.69) is 50.3 Å². The largest absolute Gasteiger partial charge is 0.496 e. The fraction of sp³-hybridized carbons (Fsp3) is 0.308. The van der Waals surface area contributed by atoms with Crippen molar-refractivity contribution in [3.8, 4) is 56.3 Å². The number of hydrogen-bond acceptors (Lipinski definition) is 16. The molecule has 2 aliphatic heterocycles. The average molecular weight is 997 g/mol. The zero-order valence-electron chi connectivity index (χ0n) is 39.0. The predicted molar refractivity (Wildman–Crippen MR) is 270 cm³/mol. The topological polar surface area (TPSA) is 149 Å². The van der Waals surface area contributed by atoms with Crippen LogP contribution in [0.1, 0.15) is 25.7 Å². The van der Waals surface area contributed by atoms with Gasteiger partial charge in [-0.3, -0.25) is 0 Å². The number of methoxy groups -OCH3 is 2. The van der Waals surface area contributed by atoms with Crippen LogP contribution >= 0.6 is 22.7 Å². The molecule has 71 heavy (non-hydrogen) atoms. The van der Waals surface area contributed by atoms with E-state index in [0.717, 1.165) is 68.3 Å². The maximum atomic E-state index is 13.6. The standard InChI is InChI=1S/C52H49FN8O8S2/c1-62-37-21-43(67-31-33-7-6-16-59(27-33)36-12-10-34(53)11-13-36)39-25-47(68-45(39)22-37)42-29-61-50(55-42)71-52(57-61)65-20-19-64-38-23-44(66-30-32-14-17-58(18-15-32)35-8-4-3-5-9-35)40-26-48(69-46(40)24-38)41-28-60-49(54-41)70-51(56-60)63-2/h3-5,8-13,21-26,28-29,32-33H,6-7,14-20,27,30-31H2,1-2H3/t33-/m0/s1. The van der Waals surface area contributed by atoms with E-state index in [1.807, 2.05) is 60.9 Å². The number of halogens is 1. The van der Waals surface area contributed by atoms with Crippen molar-refractivity contribution in [1.82, 2.24) is 29.2 Å². The number of furan rings is 2. The Bertz CT molecular complexity index is 3390. The molecule has 0 amide bonds. The summed E-state index contributed by atoms with van der Waals surface area (Å²) in [7, 11) is 3.21. The monoisotopic (exact) mass is 996 g/mol. The summed E-state index contributed by atoms with van der Waals surface area (Å²) in [6.45, 7) is 5.29. The van der Waals surface area contributed by atoms with E-state index in [4.69, 9.17) is 47.2 Å². The molecule has 0 unspecified atom stereocenters. The molecule has 0 saturated carbocycles. The van der Waals surface area contributed by atoms with Gasteiger partial charge in [-0.25, -0.2) is 23.4 Å². The van der Waals surface area contributed by atoms with E-state index in [1.54, 1.807) is 23.3 Å². The van der Waals surface area contributed by atoms with Gasteiger partial charge in [0.05, 0.1) is 50.6 Å². The normalized spacial score (nSPS) is 15.6. The molecule has 364 valence electrons. The Morgan fingerprint density at radius 3 is 1.87 bits per heavy atom. The number of para-hydroxylation sites is 1. The van der Waals surface area contributed by atoms with Gasteiger partial charge in [0, 0.05) is 67.7 Å². The Morgan fingerprint density at radius 2 is 1.21 bits per heavy atom. The molecule has 16 nitrogen and oxygen atoms in total. The molecule has 6 aromatic heterocycles. The third-order valence-corrected chi connectivity index (χ3v) is 14.8. The zero-order chi connectivity index (χ0) is 47.8. The number of rotatable bonds is 17. The molecule has 12 rings (SSSR count). The van der Waals surface area contributed by atoms with Crippen molar-refractivity contribution < 1.29 is 41.6 Å². The second-order valence-electron chi connectivity index (χ2n) is 17.8. The first-order chi connectivity index (χ1) is 34.9. The van der Waals surface area contributed by atoms with Gasteiger partial charge in [-0.1, -0.05) is 18.2 Å². The quantitative estimate of drug-likeness (QED) is 0.0797. The minimum absolute atomic E-state index is 0.234. The lowest BCUT2D eigenvalue weighted by Crippen LogP contribution is -2.37. The van der Waals surface area contributed by atoms with Crippen LogP contribution in [-0.2, 0) is 0 Å². The molecule has 8 heterocycles. The number of nitrogens with zero attached hydrogens (tertiary/aromatic N) is 8. The highest BCUT2D eigenvalue weighted by Gasteiger charge is 2.25. The number of fused-ring (bicyclic) bond motifs is 4. The van der Waals surface area contributed by atoms with Crippen molar-refractivity contribution in [3.63, 3.8) is 0 Å². The lowest BCUT2D eigenvalue weighted by atomic mass is 9.97. The van der Waals surface area contributed by atoms with E-state index in [1.165, 1.54) is 40.5 Å². The first-order valence-corrected chi connectivity index (χ1v) is 25.3. The Kier molecular flexibility index (Phi) is 12.2. The Balaban J connectivity index is 0.699. The molecule has 0 bridgehead atoms. The summed E-state index contributed by atoms with van der Waals surface area (Å²) in [5.74, 6) is 4.21. The maximum absolute atomic E-state index is 13.6. The molecule has 2 aliphatic rings. The summed E-state index contributed by atoms with van der Waals surface area (Å²) in [5.41, 5.74) is 4.80. The fourth-order valence-corrected chi connectivity index (χ4v) is 10.8. The molecular formula is C52H49FN8O8S2. The molecule has 2 saturated heterocycles. The van der Waals surface area contributed by atoms with E-state index >= 15 is 0 Å². The molecule has 0 N–H and O–H groups in total. The van der Waals surface area contributed by atoms with Crippen LogP contribution in [0.4, 0.5) is 15.8 Å². The van der Waals surface area contributed by atoms with Gasteiger partial charge in [0.2, 0.25) is 9.92 Å². The molecule has 0 spiro atoms. The van der Waals surface area contributed by atoms with Crippen LogP contribution in [0.15, 0.2) is 112 Å². The number of aromatic nitrogens is 6. The molecule has 0 aliphatic carbocycles. The van der Waals surface area contributed by atoms with Crippen LogP contribution < -0.4 is 38.2 Å². The van der Waals surface area contributed by atoms with Crippen molar-refractivity contribution in [2.75, 3.05) is 76.6 Å². The zero-order valence-corrected chi connectivity index (χ0v) is 40.6. The number of piperidine rings is 2. The second-order valence-corrected chi connectivity index (χ2v) is 19.6. The number of anilines is 2. The lowest BCUT2D eigenvalue weighted by Gasteiger charge is -2.34.